The minimum atomic E-state index is -4.43. The normalized spacial score (nSPS) is 15.7. The molecule has 6 heteroatoms. The highest BCUT2D eigenvalue weighted by Gasteiger charge is 2.40. The van der Waals surface area contributed by atoms with Gasteiger partial charge in [0.2, 0.25) is 0 Å². The Morgan fingerprint density at radius 2 is 1.81 bits per heavy atom. The van der Waals surface area contributed by atoms with Crippen LogP contribution in [0.1, 0.15) is 46.6 Å². The number of H-pyrrole nitrogens is 1. The van der Waals surface area contributed by atoms with Crippen molar-refractivity contribution in [3.8, 4) is 5.75 Å². The Morgan fingerprint density at radius 3 is 2.46 bits per heavy atom. The number of benzene rings is 2. The summed E-state index contributed by atoms with van der Waals surface area (Å²) >= 11 is 0. The van der Waals surface area contributed by atoms with Gasteiger partial charge in [0, 0.05) is 27.6 Å². The van der Waals surface area contributed by atoms with Gasteiger partial charge in [-0.25, -0.2) is 0 Å². The van der Waals surface area contributed by atoms with E-state index in [4.69, 9.17) is 4.74 Å². The minimum absolute atomic E-state index is 0.192. The first-order chi connectivity index (χ1) is 12.1. The zero-order chi connectivity index (χ0) is 18.9. The van der Waals surface area contributed by atoms with Crippen LogP contribution in [0.25, 0.3) is 10.9 Å². The van der Waals surface area contributed by atoms with Crippen LogP contribution < -0.4 is 4.74 Å². The van der Waals surface area contributed by atoms with E-state index in [1.807, 2.05) is 19.9 Å². The predicted molar refractivity (Wildman–Crippen MR) is 91.9 cm³/mol. The van der Waals surface area contributed by atoms with Crippen LogP contribution in [-0.2, 0) is 11.6 Å². The maximum Gasteiger partial charge on any atom is 0.416 e. The Labute approximate surface area is 147 Å². The van der Waals surface area contributed by atoms with Crippen LogP contribution in [0.15, 0.2) is 36.4 Å². The van der Waals surface area contributed by atoms with Crippen molar-refractivity contribution >= 4 is 16.7 Å². The van der Waals surface area contributed by atoms with Crippen LogP contribution in [-0.4, -0.2) is 17.9 Å². The van der Waals surface area contributed by atoms with E-state index >= 15 is 0 Å². The molecule has 0 fully saturated rings. The number of halogens is 3. The smallest absolute Gasteiger partial charge is 0.416 e. The van der Waals surface area contributed by atoms with Crippen LogP contribution >= 0.6 is 0 Å². The third kappa shape index (κ3) is 2.18. The predicted octanol–water partition coefficient (Wildman–Crippen LogP) is 5.07. The van der Waals surface area contributed by atoms with Crippen molar-refractivity contribution in [1.29, 1.82) is 0 Å². The Morgan fingerprint density at radius 1 is 1.08 bits per heavy atom. The molecule has 0 aliphatic heterocycles. The SMILES string of the molecule is COc1ccc2c(c1)C(C)(C)c1[nH]c3cc(C(F)(F)F)ccc3c1C2=O. The molecule has 1 aromatic heterocycles. The number of hydrogen-bond donors (Lipinski definition) is 1. The summed E-state index contributed by atoms with van der Waals surface area (Å²) in [6.45, 7) is 3.88. The third-order valence-corrected chi connectivity index (χ3v) is 5.12. The summed E-state index contributed by atoms with van der Waals surface area (Å²) in [7, 11) is 1.55. The van der Waals surface area contributed by atoms with E-state index < -0.39 is 17.2 Å². The van der Waals surface area contributed by atoms with Gasteiger partial charge in [-0.15, -0.1) is 0 Å². The lowest BCUT2D eigenvalue weighted by atomic mass is 9.71. The highest BCUT2D eigenvalue weighted by Crippen LogP contribution is 2.45. The summed E-state index contributed by atoms with van der Waals surface area (Å²) < 4.78 is 44.4. The molecule has 4 rings (SSSR count). The van der Waals surface area contributed by atoms with Crippen LogP contribution in [0.5, 0.6) is 5.75 Å². The van der Waals surface area contributed by atoms with E-state index in [0.29, 0.717) is 33.5 Å². The Balaban J connectivity index is 2.00. The van der Waals surface area contributed by atoms with Gasteiger partial charge >= 0.3 is 6.18 Å². The summed E-state index contributed by atoms with van der Waals surface area (Å²) in [5, 5.41) is 0.507. The minimum Gasteiger partial charge on any atom is -0.497 e. The Kier molecular flexibility index (Phi) is 3.29. The quantitative estimate of drug-likeness (QED) is 0.659. The zero-order valence-corrected chi connectivity index (χ0v) is 14.4. The van der Waals surface area contributed by atoms with Gasteiger partial charge in [0.25, 0.3) is 0 Å². The van der Waals surface area contributed by atoms with Gasteiger partial charge in [-0.2, -0.15) is 13.2 Å². The van der Waals surface area contributed by atoms with E-state index in [1.54, 1.807) is 19.2 Å². The molecule has 1 aliphatic carbocycles. The summed E-state index contributed by atoms with van der Waals surface area (Å²) in [6.07, 6.45) is -4.43. The lowest BCUT2D eigenvalue weighted by Gasteiger charge is -2.32. The fraction of sp³-hybridized carbons (Fsp3) is 0.250. The Bertz CT molecular complexity index is 1060. The van der Waals surface area contributed by atoms with Crippen molar-refractivity contribution in [2.75, 3.05) is 7.11 Å². The van der Waals surface area contributed by atoms with Crippen molar-refractivity contribution in [3.05, 3.63) is 64.3 Å². The molecule has 0 amide bonds. The molecule has 1 aliphatic rings. The molecule has 3 nitrogen and oxygen atoms in total. The van der Waals surface area contributed by atoms with Gasteiger partial charge < -0.3 is 9.72 Å². The van der Waals surface area contributed by atoms with Crippen LogP contribution in [0, 0.1) is 0 Å². The molecule has 1 N–H and O–H groups in total. The first kappa shape index (κ1) is 16.7. The molecule has 1 heterocycles. The van der Waals surface area contributed by atoms with Crippen molar-refractivity contribution in [3.63, 3.8) is 0 Å². The topological polar surface area (TPSA) is 42.1 Å². The van der Waals surface area contributed by atoms with Gasteiger partial charge in [-0.1, -0.05) is 19.9 Å². The molecule has 26 heavy (non-hydrogen) atoms. The number of hydrogen-bond acceptors (Lipinski definition) is 2. The average molecular weight is 359 g/mol. The van der Waals surface area contributed by atoms with E-state index in [2.05, 4.69) is 4.98 Å². The maximum absolute atomic E-state index is 13.1. The fourth-order valence-electron chi connectivity index (χ4n) is 3.71. The average Bonchev–Trinajstić information content (AvgIpc) is 2.98. The number of carbonyl (C=O) groups excluding carboxylic acids is 1. The Hall–Kier alpha value is -2.76. The molecular weight excluding hydrogens is 343 g/mol. The summed E-state index contributed by atoms with van der Waals surface area (Å²) in [5.41, 5.74) is 1.39. The van der Waals surface area contributed by atoms with Gasteiger partial charge in [0.05, 0.1) is 18.2 Å². The number of ether oxygens (including phenoxy) is 1. The van der Waals surface area contributed by atoms with Crippen molar-refractivity contribution < 1.29 is 22.7 Å². The highest BCUT2D eigenvalue weighted by atomic mass is 19.4. The second-order valence-electron chi connectivity index (χ2n) is 7.00. The second-order valence-corrected chi connectivity index (χ2v) is 7.00. The second kappa shape index (κ2) is 5.13. The number of alkyl halides is 3. The molecule has 3 aromatic rings. The summed E-state index contributed by atoms with van der Waals surface area (Å²) in [6, 6.07) is 8.68. The number of ketones is 1. The standard InChI is InChI=1S/C20H16F3NO2/c1-19(2)14-9-11(26-3)5-7-12(14)17(25)16-13-6-4-10(20(21,22)23)8-15(13)24-18(16)19/h4-9,24H,1-3H3. The van der Waals surface area contributed by atoms with Crippen molar-refractivity contribution in [2.45, 2.75) is 25.4 Å². The molecule has 134 valence electrons. The van der Waals surface area contributed by atoms with Crippen LogP contribution in [0.4, 0.5) is 13.2 Å². The zero-order valence-electron chi connectivity index (χ0n) is 14.4. The number of methoxy groups -OCH3 is 1. The molecule has 0 unspecified atom stereocenters. The molecule has 0 bridgehead atoms. The van der Waals surface area contributed by atoms with Gasteiger partial charge in [-0.3, -0.25) is 4.79 Å². The van der Waals surface area contributed by atoms with E-state index in [0.717, 1.165) is 17.7 Å². The summed E-state index contributed by atoms with van der Waals surface area (Å²) in [4.78, 5) is 16.1. The third-order valence-electron chi connectivity index (χ3n) is 5.12. The number of fused-ring (bicyclic) bond motifs is 4. The molecule has 0 radical (unpaired) electrons. The fourth-order valence-corrected chi connectivity index (χ4v) is 3.71. The number of aromatic nitrogens is 1. The lowest BCUT2D eigenvalue weighted by Crippen LogP contribution is -2.30. The van der Waals surface area contributed by atoms with Crippen LogP contribution in [0.3, 0.4) is 0 Å². The first-order valence-electron chi connectivity index (χ1n) is 8.11. The van der Waals surface area contributed by atoms with Gasteiger partial charge in [0.1, 0.15) is 5.75 Å². The van der Waals surface area contributed by atoms with Crippen molar-refractivity contribution in [2.24, 2.45) is 0 Å². The van der Waals surface area contributed by atoms with Gasteiger partial charge in [-0.05, 0) is 35.9 Å². The number of rotatable bonds is 1. The molecule has 0 spiro atoms. The molecule has 2 aromatic carbocycles. The van der Waals surface area contributed by atoms with E-state index in [9.17, 15) is 18.0 Å². The number of carbonyl (C=O) groups is 1. The van der Waals surface area contributed by atoms with E-state index in [-0.39, 0.29) is 5.78 Å². The van der Waals surface area contributed by atoms with Crippen molar-refractivity contribution in [1.82, 2.24) is 4.98 Å². The largest absolute Gasteiger partial charge is 0.497 e. The van der Waals surface area contributed by atoms with E-state index in [1.165, 1.54) is 6.07 Å². The highest BCUT2D eigenvalue weighted by molar-refractivity contribution is 6.20. The maximum atomic E-state index is 13.1. The monoisotopic (exact) mass is 359 g/mol. The summed E-state index contributed by atoms with van der Waals surface area (Å²) in [5.74, 6) is 0.437. The first-order valence-corrected chi connectivity index (χ1v) is 8.11. The molecular formula is C20H16F3NO2. The van der Waals surface area contributed by atoms with Gasteiger partial charge in [0.15, 0.2) is 5.78 Å². The molecule has 0 atom stereocenters. The number of aromatic amines is 1. The molecule has 0 saturated carbocycles. The lowest BCUT2D eigenvalue weighted by molar-refractivity contribution is -0.137. The molecule has 0 saturated heterocycles. The number of nitrogens with one attached hydrogen (secondary N) is 1. The van der Waals surface area contributed by atoms with Crippen LogP contribution in [0.2, 0.25) is 0 Å².